The number of ether oxygens (including phenoxy) is 2. The summed E-state index contributed by atoms with van der Waals surface area (Å²) in [5.41, 5.74) is 0.0872. The van der Waals surface area contributed by atoms with Gasteiger partial charge in [-0.15, -0.1) is 13.2 Å². The molecule has 0 bridgehead atoms. The van der Waals surface area contributed by atoms with Gasteiger partial charge in [0.05, 0.1) is 0 Å². The van der Waals surface area contributed by atoms with E-state index in [4.69, 9.17) is 11.6 Å². The summed E-state index contributed by atoms with van der Waals surface area (Å²) in [5.74, 6) is -0.720. The quantitative estimate of drug-likeness (QED) is 0.685. The molecule has 0 saturated carbocycles. The first-order valence-corrected chi connectivity index (χ1v) is 6.23. The van der Waals surface area contributed by atoms with Gasteiger partial charge in [0.25, 0.3) is 0 Å². The highest BCUT2D eigenvalue weighted by Gasteiger charge is 2.32. The van der Waals surface area contributed by atoms with Gasteiger partial charge in [-0.05, 0) is 24.3 Å². The summed E-state index contributed by atoms with van der Waals surface area (Å²) in [6.45, 7) is -3.06. The normalized spacial score (nSPS) is 11.6. The van der Waals surface area contributed by atoms with Crippen molar-refractivity contribution >= 4 is 11.6 Å². The second kappa shape index (κ2) is 6.39. The molecule has 0 aliphatic carbocycles. The third-order valence-corrected chi connectivity index (χ3v) is 2.90. The minimum atomic E-state index is -4.89. The van der Waals surface area contributed by atoms with Crippen LogP contribution >= 0.6 is 11.6 Å². The fraction of sp³-hybridized carbons (Fsp3) is 0.143. The van der Waals surface area contributed by atoms with Crippen LogP contribution < -0.4 is 9.47 Å². The van der Waals surface area contributed by atoms with Crippen molar-refractivity contribution in [3.8, 4) is 22.6 Å². The Bertz CT molecular complexity index is 658. The molecule has 0 spiro atoms. The first-order chi connectivity index (χ1) is 10.3. The van der Waals surface area contributed by atoms with Gasteiger partial charge in [-0.1, -0.05) is 29.8 Å². The second-order valence-corrected chi connectivity index (χ2v) is 4.47. The molecular formula is C14H8ClF5O2. The van der Waals surface area contributed by atoms with Crippen molar-refractivity contribution in [1.29, 1.82) is 0 Å². The number of alkyl halides is 5. The van der Waals surface area contributed by atoms with Gasteiger partial charge in [0.15, 0.2) is 0 Å². The zero-order valence-electron chi connectivity index (χ0n) is 10.7. The molecular weight excluding hydrogens is 331 g/mol. The maximum absolute atomic E-state index is 12.4. The van der Waals surface area contributed by atoms with E-state index in [1.54, 1.807) is 0 Å². The molecule has 118 valence electrons. The first kappa shape index (κ1) is 16.4. The molecule has 2 aromatic rings. The predicted octanol–water partition coefficient (Wildman–Crippen LogP) is 5.51. The highest BCUT2D eigenvalue weighted by atomic mass is 35.5. The van der Waals surface area contributed by atoms with E-state index in [-0.39, 0.29) is 21.9 Å². The Morgan fingerprint density at radius 1 is 0.955 bits per heavy atom. The van der Waals surface area contributed by atoms with Crippen molar-refractivity contribution in [2.45, 2.75) is 13.0 Å². The number of halogens is 6. The molecule has 0 aliphatic rings. The summed E-state index contributed by atoms with van der Waals surface area (Å²) in [4.78, 5) is 0. The van der Waals surface area contributed by atoms with Gasteiger partial charge in [-0.2, -0.15) is 8.78 Å². The lowest BCUT2D eigenvalue weighted by atomic mass is 10.0. The Hall–Kier alpha value is -2.02. The molecule has 0 N–H and O–H groups in total. The fourth-order valence-electron chi connectivity index (χ4n) is 1.79. The minimum absolute atomic E-state index is 0.00420. The number of hydrogen-bond donors (Lipinski definition) is 0. The van der Waals surface area contributed by atoms with Gasteiger partial charge >= 0.3 is 13.0 Å². The van der Waals surface area contributed by atoms with Crippen LogP contribution in [0, 0.1) is 0 Å². The maximum Gasteiger partial charge on any atom is 0.573 e. The highest BCUT2D eigenvalue weighted by molar-refractivity contribution is 6.33. The van der Waals surface area contributed by atoms with E-state index in [1.807, 2.05) is 0 Å². The molecule has 2 aromatic carbocycles. The largest absolute Gasteiger partial charge is 0.573 e. The fourth-order valence-corrected chi connectivity index (χ4v) is 2.01. The number of benzene rings is 2. The summed E-state index contributed by atoms with van der Waals surface area (Å²) < 4.78 is 69.8. The molecule has 8 heteroatoms. The molecule has 2 nitrogen and oxygen atoms in total. The minimum Gasteiger partial charge on any atom is -0.435 e. The van der Waals surface area contributed by atoms with Gasteiger partial charge in [0.1, 0.15) is 11.5 Å². The molecule has 0 aromatic heterocycles. The van der Waals surface area contributed by atoms with Crippen molar-refractivity contribution in [2.75, 3.05) is 0 Å². The van der Waals surface area contributed by atoms with Crippen LogP contribution in [0.5, 0.6) is 11.5 Å². The summed E-state index contributed by atoms with van der Waals surface area (Å²) in [6.07, 6.45) is -4.89. The Morgan fingerprint density at radius 2 is 1.64 bits per heavy atom. The Balaban J connectivity index is 2.47. The van der Waals surface area contributed by atoms with Gasteiger partial charge in [-0.25, -0.2) is 0 Å². The third-order valence-electron chi connectivity index (χ3n) is 2.57. The number of rotatable bonds is 4. The molecule has 0 atom stereocenters. The smallest absolute Gasteiger partial charge is 0.435 e. The van der Waals surface area contributed by atoms with E-state index >= 15 is 0 Å². The zero-order chi connectivity index (χ0) is 16.3. The third kappa shape index (κ3) is 4.24. The van der Waals surface area contributed by atoms with E-state index in [2.05, 4.69) is 9.47 Å². The van der Waals surface area contributed by atoms with Crippen molar-refractivity contribution in [1.82, 2.24) is 0 Å². The maximum atomic E-state index is 12.4. The highest BCUT2D eigenvalue weighted by Crippen LogP contribution is 2.39. The molecule has 22 heavy (non-hydrogen) atoms. The van der Waals surface area contributed by atoms with E-state index in [9.17, 15) is 22.0 Å². The van der Waals surface area contributed by atoms with Crippen molar-refractivity contribution in [2.24, 2.45) is 0 Å². The van der Waals surface area contributed by atoms with E-state index in [0.717, 1.165) is 12.1 Å². The molecule has 0 radical (unpaired) electrons. The Morgan fingerprint density at radius 3 is 2.27 bits per heavy atom. The number of para-hydroxylation sites is 1. The van der Waals surface area contributed by atoms with Crippen LogP contribution in [0.3, 0.4) is 0 Å². The van der Waals surface area contributed by atoms with Gasteiger partial charge in [0.2, 0.25) is 0 Å². The van der Waals surface area contributed by atoms with Gasteiger partial charge in [0, 0.05) is 16.1 Å². The average Bonchev–Trinajstić information content (AvgIpc) is 2.39. The van der Waals surface area contributed by atoms with E-state index < -0.39 is 18.7 Å². The lowest BCUT2D eigenvalue weighted by Gasteiger charge is -2.15. The monoisotopic (exact) mass is 338 g/mol. The topological polar surface area (TPSA) is 18.5 Å². The number of hydrogen-bond acceptors (Lipinski definition) is 2. The van der Waals surface area contributed by atoms with Crippen LogP contribution in [0.1, 0.15) is 0 Å². The van der Waals surface area contributed by atoms with Gasteiger partial charge in [-0.3, -0.25) is 0 Å². The van der Waals surface area contributed by atoms with Crippen LogP contribution in [-0.2, 0) is 0 Å². The SMILES string of the molecule is FC(F)Oc1ccc(Cl)c(-c2ccccc2OC(F)(F)F)c1. The summed E-state index contributed by atoms with van der Waals surface area (Å²) >= 11 is 5.93. The Labute approximate surface area is 127 Å². The van der Waals surface area contributed by atoms with Crippen LogP contribution in [0.15, 0.2) is 42.5 Å². The average molecular weight is 339 g/mol. The summed E-state index contributed by atoms with van der Waals surface area (Å²) in [5, 5.41) is 0.0693. The molecule has 0 fully saturated rings. The lowest BCUT2D eigenvalue weighted by molar-refractivity contribution is -0.274. The van der Waals surface area contributed by atoms with E-state index in [1.165, 1.54) is 30.3 Å². The van der Waals surface area contributed by atoms with Crippen molar-refractivity contribution in [3.05, 3.63) is 47.5 Å². The van der Waals surface area contributed by atoms with Gasteiger partial charge < -0.3 is 9.47 Å². The summed E-state index contributed by atoms with van der Waals surface area (Å²) in [7, 11) is 0. The summed E-state index contributed by atoms with van der Waals surface area (Å²) in [6, 6.07) is 8.79. The van der Waals surface area contributed by atoms with E-state index in [0.29, 0.717) is 0 Å². The first-order valence-electron chi connectivity index (χ1n) is 5.86. The van der Waals surface area contributed by atoms with Crippen molar-refractivity contribution < 1.29 is 31.4 Å². The van der Waals surface area contributed by atoms with Crippen LogP contribution in [-0.4, -0.2) is 13.0 Å². The molecule has 0 aliphatic heterocycles. The molecule has 0 amide bonds. The zero-order valence-corrected chi connectivity index (χ0v) is 11.5. The predicted molar refractivity (Wildman–Crippen MR) is 70.2 cm³/mol. The Kier molecular flexibility index (Phi) is 4.75. The second-order valence-electron chi connectivity index (χ2n) is 4.06. The molecule has 2 rings (SSSR count). The van der Waals surface area contributed by atoms with Crippen LogP contribution in [0.4, 0.5) is 22.0 Å². The lowest BCUT2D eigenvalue weighted by Crippen LogP contribution is -2.17. The molecule has 0 saturated heterocycles. The standard InChI is InChI=1S/C14H8ClF5O2/c15-11-6-5-8(21-13(16)17)7-10(11)9-3-1-2-4-12(9)22-14(18,19)20/h1-7,13H. The van der Waals surface area contributed by atoms with Crippen LogP contribution in [0.2, 0.25) is 5.02 Å². The molecule has 0 unspecified atom stereocenters. The molecule has 0 heterocycles. The van der Waals surface area contributed by atoms with Crippen LogP contribution in [0.25, 0.3) is 11.1 Å². The van der Waals surface area contributed by atoms with Crippen molar-refractivity contribution in [3.63, 3.8) is 0 Å².